The van der Waals surface area contributed by atoms with Crippen molar-refractivity contribution in [2.75, 3.05) is 10.6 Å². The Hall–Kier alpha value is -2.89. The SMILES string of the molecule is CC1C(=O)Nc2ccccc2CN1C(=O)Nc1ccc(C2CC2)cn1. The molecule has 4 rings (SSSR count). The largest absolute Gasteiger partial charge is 0.324 e. The summed E-state index contributed by atoms with van der Waals surface area (Å²) in [6.45, 7) is 2.09. The highest BCUT2D eigenvalue weighted by atomic mass is 16.2. The number of nitrogens with zero attached hydrogens (tertiary/aromatic N) is 2. The van der Waals surface area contributed by atoms with Crippen LogP contribution in [0.25, 0.3) is 0 Å². The lowest BCUT2D eigenvalue weighted by atomic mass is 10.1. The number of carbonyl (C=O) groups excluding carboxylic acids is 2. The van der Waals surface area contributed by atoms with E-state index in [1.807, 2.05) is 42.6 Å². The van der Waals surface area contributed by atoms with Gasteiger partial charge in [-0.05, 0) is 48.9 Å². The monoisotopic (exact) mass is 336 g/mol. The molecule has 1 aromatic carbocycles. The fourth-order valence-corrected chi connectivity index (χ4v) is 3.05. The van der Waals surface area contributed by atoms with Crippen LogP contribution in [0.1, 0.15) is 36.8 Å². The smallest absolute Gasteiger partial charge is 0.323 e. The molecule has 0 saturated heterocycles. The Morgan fingerprint density at radius 2 is 2.04 bits per heavy atom. The number of fused-ring (bicyclic) bond motifs is 1. The van der Waals surface area contributed by atoms with Crippen LogP contribution >= 0.6 is 0 Å². The van der Waals surface area contributed by atoms with E-state index in [-0.39, 0.29) is 11.9 Å². The van der Waals surface area contributed by atoms with Gasteiger partial charge in [-0.15, -0.1) is 0 Å². The summed E-state index contributed by atoms with van der Waals surface area (Å²) in [6, 6.07) is 10.5. The zero-order valence-corrected chi connectivity index (χ0v) is 14.0. The van der Waals surface area contributed by atoms with E-state index in [9.17, 15) is 9.59 Å². The number of hydrogen-bond donors (Lipinski definition) is 2. The van der Waals surface area contributed by atoms with Crippen LogP contribution in [0.15, 0.2) is 42.6 Å². The number of aromatic nitrogens is 1. The van der Waals surface area contributed by atoms with Crippen LogP contribution in [0, 0.1) is 0 Å². The van der Waals surface area contributed by atoms with E-state index in [0.29, 0.717) is 18.3 Å². The number of urea groups is 1. The van der Waals surface area contributed by atoms with Gasteiger partial charge in [0.25, 0.3) is 0 Å². The third-order valence-electron chi connectivity index (χ3n) is 4.79. The van der Waals surface area contributed by atoms with Gasteiger partial charge in [0, 0.05) is 11.9 Å². The summed E-state index contributed by atoms with van der Waals surface area (Å²) >= 11 is 0. The van der Waals surface area contributed by atoms with Crippen molar-refractivity contribution < 1.29 is 9.59 Å². The van der Waals surface area contributed by atoms with E-state index in [1.54, 1.807) is 6.92 Å². The number of hydrogen-bond acceptors (Lipinski definition) is 3. The number of para-hydroxylation sites is 1. The van der Waals surface area contributed by atoms with Crippen LogP contribution in [-0.4, -0.2) is 27.9 Å². The second-order valence-electron chi connectivity index (χ2n) is 6.63. The molecular weight excluding hydrogens is 316 g/mol. The number of anilines is 2. The molecule has 2 aromatic rings. The lowest BCUT2D eigenvalue weighted by Gasteiger charge is -2.25. The maximum Gasteiger partial charge on any atom is 0.323 e. The summed E-state index contributed by atoms with van der Waals surface area (Å²) in [5.41, 5.74) is 2.88. The Morgan fingerprint density at radius 1 is 1.24 bits per heavy atom. The number of carbonyl (C=O) groups is 2. The summed E-state index contributed by atoms with van der Waals surface area (Å²) in [4.78, 5) is 30.9. The molecule has 1 unspecified atom stereocenters. The van der Waals surface area contributed by atoms with E-state index in [0.717, 1.165) is 11.3 Å². The minimum Gasteiger partial charge on any atom is -0.324 e. The molecule has 1 aliphatic heterocycles. The summed E-state index contributed by atoms with van der Waals surface area (Å²) in [6.07, 6.45) is 4.25. The van der Waals surface area contributed by atoms with Crippen molar-refractivity contribution in [1.29, 1.82) is 0 Å². The van der Waals surface area contributed by atoms with Gasteiger partial charge in [0.2, 0.25) is 5.91 Å². The number of rotatable bonds is 2. The second kappa shape index (κ2) is 6.20. The lowest BCUT2D eigenvalue weighted by molar-refractivity contribution is -0.119. The van der Waals surface area contributed by atoms with Crippen LogP contribution in [0.5, 0.6) is 0 Å². The summed E-state index contributed by atoms with van der Waals surface area (Å²) in [5, 5.41) is 5.68. The summed E-state index contributed by atoms with van der Waals surface area (Å²) in [7, 11) is 0. The minimum absolute atomic E-state index is 0.197. The maximum atomic E-state index is 12.7. The third-order valence-corrected chi connectivity index (χ3v) is 4.79. The van der Waals surface area contributed by atoms with Crippen LogP contribution in [0.4, 0.5) is 16.3 Å². The van der Waals surface area contributed by atoms with Crippen LogP contribution in [0.3, 0.4) is 0 Å². The Bertz CT molecular complexity index is 814. The lowest BCUT2D eigenvalue weighted by Crippen LogP contribution is -2.45. The van der Waals surface area contributed by atoms with Gasteiger partial charge in [-0.2, -0.15) is 0 Å². The molecule has 0 spiro atoms. The number of nitrogens with one attached hydrogen (secondary N) is 2. The van der Waals surface area contributed by atoms with Gasteiger partial charge in [-0.3, -0.25) is 10.1 Å². The molecule has 1 atom stereocenters. The Kier molecular flexibility index (Phi) is 3.87. The molecule has 1 aliphatic carbocycles. The predicted molar refractivity (Wildman–Crippen MR) is 95.3 cm³/mol. The molecule has 1 saturated carbocycles. The van der Waals surface area contributed by atoms with E-state index < -0.39 is 6.04 Å². The molecule has 0 radical (unpaired) electrons. The first-order chi connectivity index (χ1) is 12.1. The fourth-order valence-electron chi connectivity index (χ4n) is 3.05. The minimum atomic E-state index is -0.571. The molecule has 128 valence electrons. The maximum absolute atomic E-state index is 12.7. The standard InChI is InChI=1S/C19H20N4O2/c1-12-18(24)21-16-5-3-2-4-15(16)11-23(12)19(25)22-17-9-8-14(10-20-17)13-6-7-13/h2-5,8-10,12-13H,6-7,11H2,1H3,(H,21,24)(H,20,22,25). The first-order valence-corrected chi connectivity index (χ1v) is 8.54. The van der Waals surface area contributed by atoms with Crippen molar-refractivity contribution in [3.05, 3.63) is 53.7 Å². The van der Waals surface area contributed by atoms with E-state index in [2.05, 4.69) is 15.6 Å². The van der Waals surface area contributed by atoms with Gasteiger partial charge in [0.15, 0.2) is 0 Å². The Morgan fingerprint density at radius 3 is 2.76 bits per heavy atom. The summed E-state index contributed by atoms with van der Waals surface area (Å²) < 4.78 is 0. The molecule has 1 aromatic heterocycles. The average molecular weight is 336 g/mol. The molecule has 1 fully saturated rings. The van der Waals surface area contributed by atoms with Gasteiger partial charge in [0.1, 0.15) is 11.9 Å². The van der Waals surface area contributed by atoms with Crippen molar-refractivity contribution >= 4 is 23.4 Å². The molecule has 2 aliphatic rings. The van der Waals surface area contributed by atoms with Crippen molar-refractivity contribution in [1.82, 2.24) is 9.88 Å². The van der Waals surface area contributed by atoms with E-state index in [4.69, 9.17) is 0 Å². The highest BCUT2D eigenvalue weighted by molar-refractivity contribution is 6.00. The number of pyridine rings is 1. The van der Waals surface area contributed by atoms with Crippen molar-refractivity contribution in [2.24, 2.45) is 0 Å². The van der Waals surface area contributed by atoms with Crippen LogP contribution < -0.4 is 10.6 Å². The van der Waals surface area contributed by atoms with Gasteiger partial charge < -0.3 is 10.2 Å². The van der Waals surface area contributed by atoms with E-state index >= 15 is 0 Å². The topological polar surface area (TPSA) is 74.3 Å². The molecule has 6 heteroatoms. The fraction of sp³-hybridized carbons (Fsp3) is 0.316. The predicted octanol–water partition coefficient (Wildman–Crippen LogP) is 3.33. The number of amides is 3. The highest BCUT2D eigenvalue weighted by Crippen LogP contribution is 2.39. The zero-order chi connectivity index (χ0) is 17.4. The molecule has 25 heavy (non-hydrogen) atoms. The van der Waals surface area contributed by atoms with Crippen LogP contribution in [0.2, 0.25) is 0 Å². The van der Waals surface area contributed by atoms with Gasteiger partial charge in [-0.1, -0.05) is 24.3 Å². The molecule has 0 bridgehead atoms. The zero-order valence-electron chi connectivity index (χ0n) is 14.0. The number of benzene rings is 1. The normalized spacial score (nSPS) is 19.6. The quantitative estimate of drug-likeness (QED) is 0.883. The van der Waals surface area contributed by atoms with Crippen molar-refractivity contribution in [2.45, 2.75) is 38.3 Å². The van der Waals surface area contributed by atoms with Crippen LogP contribution in [-0.2, 0) is 11.3 Å². The van der Waals surface area contributed by atoms with Gasteiger partial charge >= 0.3 is 6.03 Å². The molecule has 3 amide bonds. The average Bonchev–Trinajstić information content (AvgIpc) is 3.46. The van der Waals surface area contributed by atoms with Gasteiger partial charge in [-0.25, -0.2) is 9.78 Å². The van der Waals surface area contributed by atoms with Crippen molar-refractivity contribution in [3.63, 3.8) is 0 Å². The first-order valence-electron chi connectivity index (χ1n) is 8.54. The molecule has 2 N–H and O–H groups in total. The molecule has 2 heterocycles. The van der Waals surface area contributed by atoms with E-state index in [1.165, 1.54) is 23.3 Å². The van der Waals surface area contributed by atoms with Crippen molar-refractivity contribution in [3.8, 4) is 0 Å². The second-order valence-corrected chi connectivity index (χ2v) is 6.63. The van der Waals surface area contributed by atoms with Gasteiger partial charge in [0.05, 0.1) is 6.54 Å². The highest BCUT2D eigenvalue weighted by Gasteiger charge is 2.30. The Labute approximate surface area is 146 Å². The molecular formula is C19H20N4O2. The third kappa shape index (κ3) is 3.20. The summed E-state index contributed by atoms with van der Waals surface area (Å²) in [5.74, 6) is 0.930. The Balaban J connectivity index is 1.52. The molecule has 6 nitrogen and oxygen atoms in total. The first kappa shape index (κ1) is 15.6.